The largest absolute Gasteiger partial charge is 0.338 e. The van der Waals surface area contributed by atoms with Crippen LogP contribution < -0.4 is 0 Å². The van der Waals surface area contributed by atoms with Gasteiger partial charge in [0.15, 0.2) is 0 Å². The van der Waals surface area contributed by atoms with Gasteiger partial charge >= 0.3 is 0 Å². The van der Waals surface area contributed by atoms with Crippen molar-refractivity contribution in [2.24, 2.45) is 0 Å². The van der Waals surface area contributed by atoms with Gasteiger partial charge in [-0.1, -0.05) is 56.5 Å². The van der Waals surface area contributed by atoms with Crippen LogP contribution in [0.5, 0.6) is 0 Å². The summed E-state index contributed by atoms with van der Waals surface area (Å²) in [5.74, 6) is 0.423. The quantitative estimate of drug-likeness (QED) is 0.528. The van der Waals surface area contributed by atoms with Crippen molar-refractivity contribution in [2.75, 3.05) is 32.7 Å². The van der Waals surface area contributed by atoms with Crippen molar-refractivity contribution in [1.29, 1.82) is 0 Å². The highest BCUT2D eigenvalue weighted by Crippen LogP contribution is 2.37. The number of hydrogen-bond donors (Lipinski definition) is 0. The van der Waals surface area contributed by atoms with Gasteiger partial charge in [0.05, 0.1) is 12.6 Å². The van der Waals surface area contributed by atoms with Gasteiger partial charge in [0.1, 0.15) is 0 Å². The number of hydrogen-bond acceptors (Lipinski definition) is 4. The molecular weight excluding hydrogens is 430 g/mol. The number of unbranched alkanes of at least 4 members (excludes halogenated alkanes) is 3. The Kier molecular flexibility index (Phi) is 8.20. The number of thiophene rings is 1. The number of amides is 2. The maximum absolute atomic E-state index is 13.3. The van der Waals surface area contributed by atoms with Gasteiger partial charge in [-0.2, -0.15) is 0 Å². The van der Waals surface area contributed by atoms with Gasteiger partial charge in [-0.05, 0) is 42.3 Å². The fourth-order valence-corrected chi connectivity index (χ4v) is 6.14. The van der Waals surface area contributed by atoms with Crippen LogP contribution >= 0.6 is 11.3 Å². The van der Waals surface area contributed by atoms with E-state index in [9.17, 15) is 9.59 Å². The highest BCUT2D eigenvalue weighted by Gasteiger charge is 2.34. The number of carbonyl (C=O) groups is 2. The fraction of sp³-hybridized carbons (Fsp3) is 0.556. The lowest BCUT2D eigenvalue weighted by Gasteiger charge is -2.42. The predicted molar refractivity (Wildman–Crippen MR) is 134 cm³/mol. The Morgan fingerprint density at radius 2 is 1.82 bits per heavy atom. The molecule has 0 N–H and O–H groups in total. The normalized spacial score (nSPS) is 21.2. The lowest BCUT2D eigenvalue weighted by Crippen LogP contribution is -2.57. The van der Waals surface area contributed by atoms with Crippen LogP contribution in [0.3, 0.4) is 0 Å². The minimum absolute atomic E-state index is 0.0797. The summed E-state index contributed by atoms with van der Waals surface area (Å²) < 4.78 is 0. The number of nitrogens with zero attached hydrogens (tertiary/aromatic N) is 3. The zero-order chi connectivity index (χ0) is 23.2. The second-order valence-corrected chi connectivity index (χ2v) is 10.4. The number of fused-ring (bicyclic) bond motifs is 1. The number of benzene rings is 1. The van der Waals surface area contributed by atoms with Gasteiger partial charge in [-0.15, -0.1) is 11.3 Å². The minimum atomic E-state index is 0.0797. The Balaban J connectivity index is 1.37. The second kappa shape index (κ2) is 11.3. The van der Waals surface area contributed by atoms with Crippen LogP contribution in [0.4, 0.5) is 0 Å². The molecule has 1 aromatic carbocycles. The van der Waals surface area contributed by atoms with Crippen molar-refractivity contribution in [3.8, 4) is 0 Å². The average molecular weight is 468 g/mol. The molecule has 2 aromatic rings. The molecule has 178 valence electrons. The molecule has 4 rings (SSSR count). The maximum Gasteiger partial charge on any atom is 0.236 e. The lowest BCUT2D eigenvalue weighted by molar-refractivity contribution is -0.143. The first-order valence-corrected chi connectivity index (χ1v) is 13.4. The van der Waals surface area contributed by atoms with E-state index in [1.54, 1.807) is 0 Å². The Morgan fingerprint density at radius 3 is 2.58 bits per heavy atom. The molecule has 0 radical (unpaired) electrons. The number of rotatable bonds is 8. The van der Waals surface area contributed by atoms with E-state index in [2.05, 4.69) is 54.5 Å². The third kappa shape index (κ3) is 5.67. The summed E-state index contributed by atoms with van der Waals surface area (Å²) in [7, 11) is 0. The zero-order valence-electron chi connectivity index (χ0n) is 20.0. The standard InChI is InChI=1S/C27H37N3O2S/c1-3-4-5-9-12-25(31)30-17-16-28(19-21(30)2)26(32)20-29-15-13-24-23(14-18-33-24)27(29)22-10-7-6-8-11-22/h6-8,10-11,14,18,21,27H,3-5,9,12-13,15-17,19-20H2,1-2H3/t21-,27-/m1/s1. The fourth-order valence-electron chi connectivity index (χ4n) is 5.24. The molecule has 0 bridgehead atoms. The van der Waals surface area contributed by atoms with Crippen LogP contribution in [0, 0.1) is 0 Å². The third-order valence-electron chi connectivity index (χ3n) is 7.06. The lowest BCUT2D eigenvalue weighted by atomic mass is 9.93. The van der Waals surface area contributed by atoms with Gasteiger partial charge in [0.25, 0.3) is 0 Å². The molecule has 2 aliphatic heterocycles. The molecule has 2 aliphatic rings. The van der Waals surface area contributed by atoms with Crippen LogP contribution in [0.2, 0.25) is 0 Å². The van der Waals surface area contributed by atoms with Crippen LogP contribution in [0.15, 0.2) is 41.8 Å². The molecular formula is C27H37N3O2S. The van der Waals surface area contributed by atoms with Crippen molar-refractivity contribution in [3.05, 3.63) is 57.8 Å². The van der Waals surface area contributed by atoms with E-state index in [-0.39, 0.29) is 23.9 Å². The van der Waals surface area contributed by atoms with Crippen molar-refractivity contribution in [1.82, 2.24) is 14.7 Å². The molecule has 6 heteroatoms. The first-order valence-electron chi connectivity index (χ1n) is 12.5. The van der Waals surface area contributed by atoms with Gasteiger partial charge < -0.3 is 9.80 Å². The van der Waals surface area contributed by atoms with E-state index < -0.39 is 0 Å². The van der Waals surface area contributed by atoms with Crippen LogP contribution in [-0.2, 0) is 16.0 Å². The first kappa shape index (κ1) is 24.0. The summed E-state index contributed by atoms with van der Waals surface area (Å²) in [6, 6.07) is 13.0. The van der Waals surface area contributed by atoms with Crippen molar-refractivity contribution in [2.45, 2.75) is 64.5 Å². The smallest absolute Gasteiger partial charge is 0.236 e. The molecule has 0 spiro atoms. The number of piperazine rings is 1. The molecule has 5 nitrogen and oxygen atoms in total. The minimum Gasteiger partial charge on any atom is -0.338 e. The van der Waals surface area contributed by atoms with Gasteiger partial charge in [-0.25, -0.2) is 0 Å². The van der Waals surface area contributed by atoms with Gasteiger partial charge in [0.2, 0.25) is 11.8 Å². The average Bonchev–Trinajstić information content (AvgIpc) is 3.31. The summed E-state index contributed by atoms with van der Waals surface area (Å²) in [4.78, 5) is 33.7. The van der Waals surface area contributed by atoms with E-state index in [1.165, 1.54) is 28.8 Å². The van der Waals surface area contributed by atoms with Crippen molar-refractivity contribution < 1.29 is 9.59 Å². The van der Waals surface area contributed by atoms with E-state index in [4.69, 9.17) is 0 Å². The molecule has 1 fully saturated rings. The second-order valence-electron chi connectivity index (χ2n) is 9.42. The highest BCUT2D eigenvalue weighted by molar-refractivity contribution is 7.10. The maximum atomic E-state index is 13.3. The van der Waals surface area contributed by atoms with Crippen LogP contribution in [0.1, 0.15) is 68.0 Å². The van der Waals surface area contributed by atoms with E-state index >= 15 is 0 Å². The summed E-state index contributed by atoms with van der Waals surface area (Å²) in [6.07, 6.45) is 6.10. The van der Waals surface area contributed by atoms with E-state index in [0.717, 1.165) is 25.8 Å². The predicted octanol–water partition coefficient (Wildman–Crippen LogP) is 4.73. The molecule has 1 saturated heterocycles. The highest BCUT2D eigenvalue weighted by atomic mass is 32.1. The third-order valence-corrected chi connectivity index (χ3v) is 8.06. The summed E-state index contributed by atoms with van der Waals surface area (Å²) in [5, 5.41) is 2.17. The molecule has 2 amide bonds. The Labute approximate surface area is 202 Å². The van der Waals surface area contributed by atoms with Crippen LogP contribution in [-0.4, -0.2) is 65.3 Å². The van der Waals surface area contributed by atoms with E-state index in [1.807, 2.05) is 27.2 Å². The SMILES string of the molecule is CCCCCCC(=O)N1CCN(C(=O)CN2CCc3sccc3[C@H]2c2ccccc2)C[C@H]1C. The summed E-state index contributed by atoms with van der Waals surface area (Å²) in [5.41, 5.74) is 2.59. The van der Waals surface area contributed by atoms with Crippen LogP contribution in [0.25, 0.3) is 0 Å². The molecule has 3 heterocycles. The number of carbonyl (C=O) groups excluding carboxylic acids is 2. The first-order chi connectivity index (χ1) is 16.1. The Bertz CT molecular complexity index is 928. The molecule has 0 aliphatic carbocycles. The molecule has 2 atom stereocenters. The Hall–Kier alpha value is -2.18. The summed E-state index contributed by atoms with van der Waals surface area (Å²) in [6.45, 7) is 7.50. The summed E-state index contributed by atoms with van der Waals surface area (Å²) >= 11 is 1.82. The van der Waals surface area contributed by atoms with Gasteiger partial charge in [0, 0.05) is 43.5 Å². The van der Waals surface area contributed by atoms with Crippen molar-refractivity contribution in [3.63, 3.8) is 0 Å². The zero-order valence-corrected chi connectivity index (χ0v) is 20.9. The monoisotopic (exact) mass is 467 g/mol. The van der Waals surface area contributed by atoms with E-state index in [0.29, 0.717) is 32.6 Å². The van der Waals surface area contributed by atoms with Crippen molar-refractivity contribution >= 4 is 23.2 Å². The van der Waals surface area contributed by atoms with Gasteiger partial charge in [-0.3, -0.25) is 14.5 Å². The molecule has 1 aromatic heterocycles. The Morgan fingerprint density at radius 1 is 1.00 bits per heavy atom. The topological polar surface area (TPSA) is 43.9 Å². The molecule has 0 unspecified atom stereocenters. The molecule has 33 heavy (non-hydrogen) atoms. The molecule has 0 saturated carbocycles.